The van der Waals surface area contributed by atoms with Crippen LogP contribution < -0.4 is 43.1 Å². The van der Waals surface area contributed by atoms with Crippen LogP contribution in [0.4, 0.5) is 17.1 Å². The number of nitrogens with zero attached hydrogens (tertiary/aromatic N) is 9. The maximum Gasteiger partial charge on any atom is 0.483 e. The molecule has 524 valence electrons. The van der Waals surface area contributed by atoms with Gasteiger partial charge in [-0.15, -0.1) is 34.0 Å². The fraction of sp³-hybridized carbons (Fsp3) is 0.346. The van der Waals surface area contributed by atoms with E-state index in [0.29, 0.717) is 53.6 Å². The van der Waals surface area contributed by atoms with E-state index in [1.165, 1.54) is 47.3 Å². The van der Waals surface area contributed by atoms with Crippen LogP contribution in [0.1, 0.15) is 38.5 Å². The predicted molar refractivity (Wildman–Crippen MR) is 408 cm³/mol. The lowest BCUT2D eigenvalue weighted by Gasteiger charge is -2.36. The highest BCUT2D eigenvalue weighted by Gasteiger charge is 2.30. The number of phosphoric ester groups is 1. The molecule has 19 nitrogen and oxygen atoms in total. The molecule has 0 aliphatic carbocycles. The van der Waals surface area contributed by atoms with E-state index in [2.05, 4.69) is 118 Å². The maximum absolute atomic E-state index is 14.5. The van der Waals surface area contributed by atoms with Crippen molar-refractivity contribution in [2.45, 2.75) is 38.5 Å². The summed E-state index contributed by atoms with van der Waals surface area (Å²) in [5.74, 6) is 2.82. The van der Waals surface area contributed by atoms with Gasteiger partial charge in [-0.25, -0.2) is 33.1 Å². The average molecular weight is 1430 g/mol. The molecular formula is C78H84N9O10PS3. The molecule has 23 heteroatoms. The fourth-order valence-corrected chi connectivity index (χ4v) is 16.8. The van der Waals surface area contributed by atoms with Gasteiger partial charge in [0.15, 0.2) is 0 Å². The van der Waals surface area contributed by atoms with Crippen LogP contribution >= 0.6 is 41.8 Å². The van der Waals surface area contributed by atoms with E-state index in [1.54, 1.807) is 52.2 Å². The number of thiophene rings is 3. The van der Waals surface area contributed by atoms with Gasteiger partial charge in [-0.3, -0.25) is 14.7 Å². The molecule has 0 unspecified atom stereocenters. The van der Waals surface area contributed by atoms with E-state index in [1.807, 2.05) is 72.8 Å². The number of hydrogen-bond donors (Lipinski definition) is 0. The molecule has 6 aromatic carbocycles. The van der Waals surface area contributed by atoms with Crippen molar-refractivity contribution in [3.63, 3.8) is 0 Å². The minimum absolute atomic E-state index is 0.231. The van der Waals surface area contributed by atoms with E-state index in [-0.39, 0.29) is 17.6 Å². The van der Waals surface area contributed by atoms with Gasteiger partial charge in [-0.2, -0.15) is 0 Å². The largest absolute Gasteiger partial charge is 0.494 e. The van der Waals surface area contributed by atoms with Crippen LogP contribution in [-0.4, -0.2) is 168 Å². The van der Waals surface area contributed by atoms with Gasteiger partial charge in [0.25, 0.3) is 0 Å². The summed E-state index contributed by atoms with van der Waals surface area (Å²) < 4.78 is 72.5. The quantitative estimate of drug-likeness (QED) is 0.0217. The summed E-state index contributed by atoms with van der Waals surface area (Å²) in [6, 6.07) is 54.8. The lowest BCUT2D eigenvalue weighted by Crippen LogP contribution is -2.46. The van der Waals surface area contributed by atoms with E-state index in [4.69, 9.17) is 56.9 Å². The van der Waals surface area contributed by atoms with Crippen molar-refractivity contribution in [3.05, 3.63) is 180 Å². The highest BCUT2D eigenvalue weighted by Crippen LogP contribution is 2.49. The van der Waals surface area contributed by atoms with Crippen molar-refractivity contribution in [2.24, 2.45) is 0 Å². The van der Waals surface area contributed by atoms with E-state index < -0.39 is 28.2 Å². The van der Waals surface area contributed by atoms with E-state index in [9.17, 15) is 4.57 Å². The Kier molecular flexibility index (Phi) is 22.5. The third-order valence-corrected chi connectivity index (χ3v) is 23.0. The minimum atomic E-state index is -4.48. The molecule has 0 radical (unpaired) electrons. The third-order valence-electron chi connectivity index (χ3n) is 19.1. The monoisotopic (exact) mass is 1430 g/mol. The maximum atomic E-state index is 14.5. The Hall–Kier alpha value is -8.38. The molecule has 12 aromatic rings. The van der Waals surface area contributed by atoms with Crippen LogP contribution in [0, 0.1) is 0 Å². The summed E-state index contributed by atoms with van der Waals surface area (Å²) >= 11 is 5.40. The lowest BCUT2D eigenvalue weighted by atomic mass is 10.2. The van der Waals surface area contributed by atoms with Crippen LogP contribution in [-0.2, 0) is 18.1 Å². The van der Waals surface area contributed by atoms with Crippen LogP contribution in [0.15, 0.2) is 180 Å². The first-order valence-electron chi connectivity index (χ1n) is 35.2. The summed E-state index contributed by atoms with van der Waals surface area (Å²) in [5.41, 5.74) is 6.01. The van der Waals surface area contributed by atoms with Crippen LogP contribution in [0.3, 0.4) is 0 Å². The van der Waals surface area contributed by atoms with Gasteiger partial charge in [-0.05, 0) is 183 Å². The smallest absolute Gasteiger partial charge is 0.483 e. The molecule has 0 saturated carbocycles. The second-order valence-electron chi connectivity index (χ2n) is 25.6. The lowest BCUT2D eigenvalue weighted by molar-refractivity contribution is -0.00662. The molecule has 0 spiro atoms. The number of ether oxygens (including phenoxy) is 6. The zero-order valence-electron chi connectivity index (χ0n) is 56.7. The molecule has 3 fully saturated rings. The topological polar surface area (TPSA) is 158 Å². The number of rotatable bonds is 33. The first kappa shape index (κ1) is 68.4. The second kappa shape index (κ2) is 33.2. The van der Waals surface area contributed by atoms with E-state index >= 15 is 0 Å². The molecule has 9 heterocycles. The molecule has 0 atom stereocenters. The molecule has 6 aromatic heterocycles. The minimum Gasteiger partial charge on any atom is -0.494 e. The van der Waals surface area contributed by atoms with E-state index in [0.717, 1.165) is 153 Å². The summed E-state index contributed by atoms with van der Waals surface area (Å²) in [4.78, 5) is 29.4. The number of unbranched alkanes of at least 4 members (excludes halogenated alkanes) is 3. The van der Waals surface area contributed by atoms with Gasteiger partial charge in [0.05, 0.1) is 36.4 Å². The van der Waals surface area contributed by atoms with Crippen LogP contribution in [0.2, 0.25) is 0 Å². The molecule has 15 rings (SSSR count). The van der Waals surface area contributed by atoms with Crippen LogP contribution in [0.5, 0.6) is 34.9 Å². The van der Waals surface area contributed by atoms with Crippen molar-refractivity contribution in [1.29, 1.82) is 0 Å². The van der Waals surface area contributed by atoms with Gasteiger partial charge in [0, 0.05) is 178 Å². The summed E-state index contributed by atoms with van der Waals surface area (Å²) in [6.07, 6.45) is 5.90. The zero-order valence-corrected chi connectivity index (χ0v) is 60.0. The molecule has 101 heavy (non-hydrogen) atoms. The molecule has 0 N–H and O–H groups in total. The van der Waals surface area contributed by atoms with Gasteiger partial charge >= 0.3 is 7.82 Å². The molecule has 0 bridgehead atoms. The normalized spacial score (nSPS) is 15.2. The Morgan fingerprint density at radius 1 is 0.337 bits per heavy atom. The second-order valence-corrected chi connectivity index (χ2v) is 30.1. The number of fused-ring (bicyclic) bond motifs is 6. The highest BCUT2D eigenvalue weighted by molar-refractivity contribution is 7.48. The van der Waals surface area contributed by atoms with Crippen LogP contribution in [0.25, 0.3) is 63.0 Å². The number of aromatic nitrogens is 3. The molecule has 3 saturated heterocycles. The van der Waals surface area contributed by atoms with Gasteiger partial charge in [0.2, 0.25) is 38.0 Å². The summed E-state index contributed by atoms with van der Waals surface area (Å²) in [6.45, 7) is 15.6. The van der Waals surface area contributed by atoms with Crippen molar-refractivity contribution >= 4 is 122 Å². The van der Waals surface area contributed by atoms with Gasteiger partial charge < -0.3 is 43.1 Å². The average Bonchev–Trinajstić information content (AvgIpc) is 1.47. The number of benzene rings is 6. The predicted octanol–water partition coefficient (Wildman–Crippen LogP) is 16.5. The number of pyridine rings is 3. The first-order chi connectivity index (χ1) is 49.8. The van der Waals surface area contributed by atoms with Crippen molar-refractivity contribution in [3.8, 4) is 34.9 Å². The zero-order chi connectivity index (χ0) is 68.0. The molecular weight excluding hydrogens is 1350 g/mol. The highest BCUT2D eigenvalue weighted by atomic mass is 32.1. The number of phosphoric acid groups is 1. The molecule has 3 aliphatic rings. The SMILES string of the molecule is O=P(OCOc1ccc2ccc(OCCCCN3CCN(c4cccc5sccc45)CC3)cc2n1)(OCOc1ccc2ccc(OCCCCN3CCN(c4cccc5sccc45)CC3)cc2n1)OCOc1ccc2ccc(OCCCCN3CCN(c4cccc5sccc45)CC3)cc2n1. The number of hydrogen-bond acceptors (Lipinski definition) is 22. The number of piperazine rings is 3. The van der Waals surface area contributed by atoms with Crippen molar-refractivity contribution in [2.75, 3.05) is 153 Å². The Labute approximate surface area is 600 Å². The van der Waals surface area contributed by atoms with Crippen molar-refractivity contribution in [1.82, 2.24) is 29.7 Å². The Balaban J connectivity index is 0.524. The Morgan fingerprint density at radius 3 is 0.960 bits per heavy atom. The third kappa shape index (κ3) is 17.6. The molecule has 0 amide bonds. The molecule has 3 aliphatic heterocycles. The summed E-state index contributed by atoms with van der Waals surface area (Å²) in [5, 5.41) is 13.3. The standard InChI is InChI=1S/C78H84N9O10PS3/c88-98(95-55-92-76-25-19-58-16-22-61(52-67(58)79-76)89-46-4-1-31-82-34-40-85(41-35-82)70-10-7-13-73-64(70)28-49-99-73,96-56-93-77-26-20-59-17-23-62(53-68(59)80-77)90-47-5-2-32-83-36-42-86(43-37-83)71-11-8-14-74-65(71)29-50-100-74)97-57-94-78-27-21-60-18-24-63(54-69(60)81-78)91-48-6-3-33-84-38-44-87(45-39-84)72-12-9-15-75-66(72)30-51-101-75/h7-30,49-54H,1-6,31-48,55-57H2. The van der Waals surface area contributed by atoms with Gasteiger partial charge in [-0.1, -0.05) is 18.2 Å². The fourth-order valence-electron chi connectivity index (χ4n) is 13.6. The Morgan fingerprint density at radius 2 is 0.644 bits per heavy atom. The van der Waals surface area contributed by atoms with Crippen molar-refractivity contribution < 1.29 is 46.6 Å². The first-order valence-corrected chi connectivity index (χ1v) is 39.3. The number of anilines is 3. The summed E-state index contributed by atoms with van der Waals surface area (Å²) in [7, 11) is -4.48. The Bertz CT molecular complexity index is 4300. The van der Waals surface area contributed by atoms with Gasteiger partial charge in [0.1, 0.15) is 17.2 Å².